The first-order chi connectivity index (χ1) is 9.21. The maximum Gasteiger partial charge on any atom is -0.0289 e. The highest BCUT2D eigenvalue weighted by molar-refractivity contribution is 5.08. The molecule has 0 N–H and O–H groups in total. The van der Waals surface area contributed by atoms with Gasteiger partial charge in [0, 0.05) is 0 Å². The Bertz CT molecular complexity index is 251. The van der Waals surface area contributed by atoms with Crippen LogP contribution in [0, 0.1) is 17.8 Å². The standard InChI is InChI=1S/C19H36/c1-5-8-9-11-18-13-12-16(4)19(15-18)14-17(7-3)10-6-2/h13,16-17,19H,5-12,14-15H2,1-4H3. The van der Waals surface area contributed by atoms with Crippen LogP contribution in [0.1, 0.15) is 91.9 Å². The minimum Gasteiger partial charge on any atom is -0.0850 e. The lowest BCUT2D eigenvalue weighted by Gasteiger charge is -2.32. The SMILES string of the molecule is CCCCCC1=CCC(C)C(CC(CC)CCC)C1. The molecule has 0 heterocycles. The van der Waals surface area contributed by atoms with Gasteiger partial charge in [0.2, 0.25) is 0 Å². The molecule has 0 aromatic rings. The summed E-state index contributed by atoms with van der Waals surface area (Å²) in [5, 5.41) is 0. The van der Waals surface area contributed by atoms with Crippen molar-refractivity contribution in [1.29, 1.82) is 0 Å². The van der Waals surface area contributed by atoms with Crippen LogP contribution < -0.4 is 0 Å². The molecule has 0 spiro atoms. The quantitative estimate of drug-likeness (QED) is 0.319. The molecule has 3 atom stereocenters. The number of hydrogen-bond donors (Lipinski definition) is 0. The fraction of sp³-hybridized carbons (Fsp3) is 0.895. The summed E-state index contributed by atoms with van der Waals surface area (Å²) >= 11 is 0. The lowest BCUT2D eigenvalue weighted by Crippen LogP contribution is -2.20. The molecule has 1 aliphatic rings. The predicted octanol–water partition coefficient (Wildman–Crippen LogP) is 6.76. The molecule has 0 aromatic carbocycles. The number of unbranched alkanes of at least 4 members (excludes halogenated alkanes) is 2. The minimum absolute atomic E-state index is 0.917. The lowest BCUT2D eigenvalue weighted by molar-refractivity contribution is 0.253. The molecular formula is C19H36. The average Bonchev–Trinajstić information content (AvgIpc) is 2.42. The highest BCUT2D eigenvalue weighted by Gasteiger charge is 2.24. The van der Waals surface area contributed by atoms with Gasteiger partial charge in [0.05, 0.1) is 0 Å². The zero-order valence-electron chi connectivity index (χ0n) is 13.9. The second-order valence-electron chi connectivity index (χ2n) is 6.80. The van der Waals surface area contributed by atoms with Gasteiger partial charge in [-0.3, -0.25) is 0 Å². The first kappa shape index (κ1) is 16.8. The largest absolute Gasteiger partial charge is 0.0850 e. The van der Waals surface area contributed by atoms with Crippen molar-refractivity contribution >= 4 is 0 Å². The van der Waals surface area contributed by atoms with E-state index in [1.54, 1.807) is 5.57 Å². The molecule has 0 aromatic heterocycles. The molecule has 3 unspecified atom stereocenters. The van der Waals surface area contributed by atoms with Crippen LogP contribution in [0.15, 0.2) is 11.6 Å². The Balaban J connectivity index is 2.43. The highest BCUT2D eigenvalue weighted by Crippen LogP contribution is 2.37. The van der Waals surface area contributed by atoms with Crippen LogP contribution in [0.3, 0.4) is 0 Å². The van der Waals surface area contributed by atoms with E-state index in [9.17, 15) is 0 Å². The maximum atomic E-state index is 2.57. The Morgan fingerprint density at radius 2 is 1.95 bits per heavy atom. The van der Waals surface area contributed by atoms with Crippen molar-refractivity contribution in [1.82, 2.24) is 0 Å². The zero-order chi connectivity index (χ0) is 14.1. The summed E-state index contributed by atoms with van der Waals surface area (Å²) in [6.07, 6.45) is 16.5. The Labute approximate surface area is 122 Å². The van der Waals surface area contributed by atoms with Gasteiger partial charge in [-0.05, 0) is 49.9 Å². The summed E-state index contributed by atoms with van der Waals surface area (Å²) in [6, 6.07) is 0. The summed E-state index contributed by atoms with van der Waals surface area (Å²) in [6.45, 7) is 9.49. The van der Waals surface area contributed by atoms with Crippen molar-refractivity contribution < 1.29 is 0 Å². The Morgan fingerprint density at radius 1 is 1.16 bits per heavy atom. The third-order valence-corrected chi connectivity index (χ3v) is 5.12. The van der Waals surface area contributed by atoms with Gasteiger partial charge in [-0.15, -0.1) is 0 Å². The van der Waals surface area contributed by atoms with E-state index in [4.69, 9.17) is 0 Å². The van der Waals surface area contributed by atoms with Crippen LogP contribution in [0.4, 0.5) is 0 Å². The molecule has 0 aliphatic heterocycles. The number of rotatable bonds is 9. The molecule has 112 valence electrons. The monoisotopic (exact) mass is 264 g/mol. The lowest BCUT2D eigenvalue weighted by atomic mass is 9.74. The van der Waals surface area contributed by atoms with E-state index < -0.39 is 0 Å². The Morgan fingerprint density at radius 3 is 2.58 bits per heavy atom. The number of allylic oxidation sites excluding steroid dienone is 2. The smallest absolute Gasteiger partial charge is 0.0289 e. The minimum atomic E-state index is 0.917. The van der Waals surface area contributed by atoms with Crippen molar-refractivity contribution in [2.24, 2.45) is 17.8 Å². The van der Waals surface area contributed by atoms with Gasteiger partial charge in [-0.1, -0.05) is 71.4 Å². The van der Waals surface area contributed by atoms with Crippen molar-refractivity contribution in [3.8, 4) is 0 Å². The third kappa shape index (κ3) is 6.15. The summed E-state index contributed by atoms with van der Waals surface area (Å²) < 4.78 is 0. The van der Waals surface area contributed by atoms with Crippen molar-refractivity contribution in [2.75, 3.05) is 0 Å². The van der Waals surface area contributed by atoms with E-state index in [-0.39, 0.29) is 0 Å². The van der Waals surface area contributed by atoms with Crippen LogP contribution in [-0.2, 0) is 0 Å². The van der Waals surface area contributed by atoms with Gasteiger partial charge >= 0.3 is 0 Å². The van der Waals surface area contributed by atoms with Gasteiger partial charge in [-0.2, -0.15) is 0 Å². The van der Waals surface area contributed by atoms with Gasteiger partial charge < -0.3 is 0 Å². The predicted molar refractivity (Wildman–Crippen MR) is 87.4 cm³/mol. The Kier molecular flexibility index (Phi) is 8.50. The van der Waals surface area contributed by atoms with Gasteiger partial charge in [-0.25, -0.2) is 0 Å². The molecule has 19 heavy (non-hydrogen) atoms. The third-order valence-electron chi connectivity index (χ3n) is 5.12. The fourth-order valence-corrected chi connectivity index (χ4v) is 3.61. The van der Waals surface area contributed by atoms with Crippen molar-refractivity contribution in [3.63, 3.8) is 0 Å². The van der Waals surface area contributed by atoms with E-state index in [1.165, 1.54) is 64.2 Å². The van der Waals surface area contributed by atoms with Gasteiger partial charge in [0.15, 0.2) is 0 Å². The fourth-order valence-electron chi connectivity index (χ4n) is 3.61. The van der Waals surface area contributed by atoms with E-state index in [0.717, 1.165) is 17.8 Å². The molecule has 0 bridgehead atoms. The normalized spacial score (nSPS) is 25.2. The van der Waals surface area contributed by atoms with Crippen LogP contribution >= 0.6 is 0 Å². The van der Waals surface area contributed by atoms with Crippen LogP contribution in [0.5, 0.6) is 0 Å². The second kappa shape index (κ2) is 9.61. The molecule has 0 heteroatoms. The summed E-state index contributed by atoms with van der Waals surface area (Å²) in [7, 11) is 0. The first-order valence-electron chi connectivity index (χ1n) is 8.89. The first-order valence-corrected chi connectivity index (χ1v) is 8.89. The summed E-state index contributed by atoms with van der Waals surface area (Å²) in [5.74, 6) is 2.87. The van der Waals surface area contributed by atoms with E-state index >= 15 is 0 Å². The summed E-state index contributed by atoms with van der Waals surface area (Å²) in [5.41, 5.74) is 1.78. The molecule has 0 nitrogen and oxygen atoms in total. The second-order valence-corrected chi connectivity index (χ2v) is 6.80. The van der Waals surface area contributed by atoms with Crippen LogP contribution in [0.2, 0.25) is 0 Å². The molecule has 0 saturated heterocycles. The van der Waals surface area contributed by atoms with Gasteiger partial charge in [0.1, 0.15) is 0 Å². The summed E-state index contributed by atoms with van der Waals surface area (Å²) in [4.78, 5) is 0. The molecule has 0 fully saturated rings. The van der Waals surface area contributed by atoms with Crippen LogP contribution in [0.25, 0.3) is 0 Å². The molecule has 1 rings (SSSR count). The van der Waals surface area contributed by atoms with Gasteiger partial charge in [0.25, 0.3) is 0 Å². The highest BCUT2D eigenvalue weighted by atomic mass is 14.3. The van der Waals surface area contributed by atoms with Crippen molar-refractivity contribution in [3.05, 3.63) is 11.6 Å². The molecule has 1 aliphatic carbocycles. The number of hydrogen-bond acceptors (Lipinski definition) is 0. The molecule has 0 saturated carbocycles. The zero-order valence-corrected chi connectivity index (χ0v) is 13.9. The molecule has 0 amide bonds. The Hall–Kier alpha value is -0.260. The molecular weight excluding hydrogens is 228 g/mol. The van der Waals surface area contributed by atoms with E-state index in [0.29, 0.717) is 0 Å². The van der Waals surface area contributed by atoms with Crippen molar-refractivity contribution in [2.45, 2.75) is 91.9 Å². The average molecular weight is 264 g/mol. The maximum absolute atomic E-state index is 2.57. The molecule has 0 radical (unpaired) electrons. The van der Waals surface area contributed by atoms with E-state index in [1.807, 2.05) is 0 Å². The van der Waals surface area contributed by atoms with Crippen LogP contribution in [-0.4, -0.2) is 0 Å². The topological polar surface area (TPSA) is 0 Å². The van der Waals surface area contributed by atoms with E-state index in [2.05, 4.69) is 33.8 Å².